The summed E-state index contributed by atoms with van der Waals surface area (Å²) in [6.45, 7) is 9.50. The second-order valence-corrected chi connectivity index (χ2v) is 10.5. The van der Waals surface area contributed by atoms with Gasteiger partial charge in [0.25, 0.3) is 5.91 Å². The van der Waals surface area contributed by atoms with E-state index in [1.54, 1.807) is 0 Å². The first kappa shape index (κ1) is 26.5. The number of rotatable bonds is 9. The molecule has 5 rings (SSSR count). The molecule has 3 aliphatic rings. The molecule has 0 bridgehead atoms. The van der Waals surface area contributed by atoms with Crippen molar-refractivity contribution in [3.8, 4) is 11.5 Å². The van der Waals surface area contributed by atoms with Gasteiger partial charge in [0.05, 0.1) is 25.2 Å². The van der Waals surface area contributed by atoms with E-state index in [4.69, 9.17) is 9.47 Å². The predicted molar refractivity (Wildman–Crippen MR) is 148 cm³/mol. The van der Waals surface area contributed by atoms with Crippen molar-refractivity contribution in [3.05, 3.63) is 58.7 Å². The number of ether oxygens (including phenoxy) is 2. The van der Waals surface area contributed by atoms with E-state index < -0.39 is 5.92 Å². The molecule has 2 aromatic rings. The van der Waals surface area contributed by atoms with Gasteiger partial charge < -0.3 is 24.6 Å². The molecule has 7 nitrogen and oxygen atoms in total. The largest absolute Gasteiger partial charge is 0.490 e. The maximum Gasteiger partial charge on any atom is 0.254 e. The lowest BCUT2D eigenvalue weighted by molar-refractivity contribution is -0.124. The van der Waals surface area contributed by atoms with E-state index in [0.717, 1.165) is 54.9 Å². The Bertz CT molecular complexity index is 1140. The third-order valence-corrected chi connectivity index (χ3v) is 8.12. The summed E-state index contributed by atoms with van der Waals surface area (Å²) in [5.41, 5.74) is 3.54. The van der Waals surface area contributed by atoms with Crippen LogP contribution in [0.1, 0.15) is 85.0 Å². The van der Waals surface area contributed by atoms with Crippen LogP contribution in [-0.2, 0) is 11.2 Å². The van der Waals surface area contributed by atoms with E-state index >= 15 is 0 Å². The third kappa shape index (κ3) is 5.39. The molecule has 38 heavy (non-hydrogen) atoms. The quantitative estimate of drug-likeness (QED) is 0.486. The normalized spacial score (nSPS) is 21.1. The lowest BCUT2D eigenvalue weighted by atomic mass is 9.75. The summed E-state index contributed by atoms with van der Waals surface area (Å²) in [4.78, 5) is 31.9. The number of fused-ring (bicyclic) bond motifs is 4. The molecule has 3 heterocycles. The second kappa shape index (κ2) is 12.2. The number of amides is 2. The molecular weight excluding hydrogens is 478 g/mol. The van der Waals surface area contributed by atoms with Gasteiger partial charge in [0.15, 0.2) is 11.5 Å². The summed E-state index contributed by atoms with van der Waals surface area (Å²) in [5, 5.41) is 3.24. The topological polar surface area (TPSA) is 71.1 Å². The summed E-state index contributed by atoms with van der Waals surface area (Å²) in [5.74, 6) is 0.883. The molecule has 0 spiro atoms. The van der Waals surface area contributed by atoms with Crippen LogP contribution in [0.25, 0.3) is 0 Å². The van der Waals surface area contributed by atoms with Gasteiger partial charge in [-0.15, -0.1) is 0 Å². The fraction of sp³-hybridized carbons (Fsp3) is 0.548. The Morgan fingerprint density at radius 2 is 1.66 bits per heavy atom. The average molecular weight is 520 g/mol. The number of nitrogens with zero attached hydrogens (tertiary/aromatic N) is 2. The number of nitrogens with one attached hydrogen (secondary N) is 1. The fourth-order valence-corrected chi connectivity index (χ4v) is 6.34. The summed E-state index contributed by atoms with van der Waals surface area (Å²) >= 11 is 0. The summed E-state index contributed by atoms with van der Waals surface area (Å²) in [6, 6.07) is 11.3. The minimum Gasteiger partial charge on any atom is -0.490 e. The van der Waals surface area contributed by atoms with Crippen LogP contribution in [0.4, 0.5) is 0 Å². The van der Waals surface area contributed by atoms with E-state index in [9.17, 15) is 9.59 Å². The lowest BCUT2D eigenvalue weighted by Crippen LogP contribution is -2.50. The standard InChI is InChI=1S/C31H41N3O4/c1-3-37-26-20-22-14-19-34-29(25(22)21-27(26)38-4-2)28(23-12-7-8-13-24(23)31(34)36)30(35)32-15-11-18-33-16-9-5-6-10-17-33/h7-8,12-13,20-21,28-29H,3-6,9-11,14-19H2,1-2H3,(H,32,35)/t28-,29-/m1/s1. The molecule has 0 aliphatic carbocycles. The summed E-state index contributed by atoms with van der Waals surface area (Å²) in [6.07, 6.45) is 6.83. The van der Waals surface area contributed by atoms with Crippen LogP contribution >= 0.6 is 0 Å². The molecule has 0 radical (unpaired) electrons. The maximum absolute atomic E-state index is 13.9. The highest BCUT2D eigenvalue weighted by molar-refractivity contribution is 6.01. The van der Waals surface area contributed by atoms with Gasteiger partial charge in [-0.3, -0.25) is 9.59 Å². The molecule has 7 heteroatoms. The molecule has 0 aromatic heterocycles. The molecule has 2 aromatic carbocycles. The summed E-state index contributed by atoms with van der Waals surface area (Å²) < 4.78 is 11.8. The molecule has 0 saturated carbocycles. The molecule has 2 atom stereocenters. The van der Waals surface area contributed by atoms with Crippen molar-refractivity contribution in [1.29, 1.82) is 0 Å². The third-order valence-electron chi connectivity index (χ3n) is 8.12. The Balaban J connectivity index is 1.42. The van der Waals surface area contributed by atoms with Crippen molar-refractivity contribution < 1.29 is 19.1 Å². The number of benzene rings is 2. The van der Waals surface area contributed by atoms with Gasteiger partial charge in [-0.2, -0.15) is 0 Å². The Hall–Kier alpha value is -3.06. The van der Waals surface area contributed by atoms with Crippen molar-refractivity contribution in [2.45, 2.75) is 64.3 Å². The van der Waals surface area contributed by atoms with Crippen molar-refractivity contribution in [3.63, 3.8) is 0 Å². The minimum atomic E-state index is -0.478. The van der Waals surface area contributed by atoms with E-state index in [0.29, 0.717) is 37.6 Å². The van der Waals surface area contributed by atoms with Gasteiger partial charge in [0.1, 0.15) is 0 Å². The Kier molecular flexibility index (Phi) is 8.52. The van der Waals surface area contributed by atoms with Crippen LogP contribution in [0.5, 0.6) is 11.5 Å². The number of hydrogen-bond donors (Lipinski definition) is 1. The monoisotopic (exact) mass is 519 g/mol. The van der Waals surface area contributed by atoms with Gasteiger partial charge in [0.2, 0.25) is 5.91 Å². The SMILES string of the molecule is CCOc1cc2c(cc1OCC)[C@@H]1[C@H](C(=O)NCCCN3CCCCCC3)c3ccccc3C(=O)N1CC2. The van der Waals surface area contributed by atoms with Crippen LogP contribution in [0.3, 0.4) is 0 Å². The van der Waals surface area contributed by atoms with E-state index in [-0.39, 0.29) is 17.9 Å². The first-order valence-electron chi connectivity index (χ1n) is 14.4. The first-order valence-corrected chi connectivity index (χ1v) is 14.4. The van der Waals surface area contributed by atoms with Gasteiger partial charge in [-0.25, -0.2) is 0 Å². The van der Waals surface area contributed by atoms with Crippen LogP contribution in [0.2, 0.25) is 0 Å². The van der Waals surface area contributed by atoms with Crippen molar-refractivity contribution >= 4 is 11.8 Å². The Morgan fingerprint density at radius 3 is 2.39 bits per heavy atom. The molecule has 0 unspecified atom stereocenters. The highest BCUT2D eigenvalue weighted by atomic mass is 16.5. The van der Waals surface area contributed by atoms with Crippen molar-refractivity contribution in [2.75, 3.05) is 45.9 Å². The minimum absolute atomic E-state index is 0.00620. The molecule has 2 amide bonds. The zero-order chi connectivity index (χ0) is 26.5. The number of carbonyl (C=O) groups excluding carboxylic acids is 2. The van der Waals surface area contributed by atoms with Crippen LogP contribution in [0.15, 0.2) is 36.4 Å². The van der Waals surface area contributed by atoms with Crippen molar-refractivity contribution in [1.82, 2.24) is 15.1 Å². The summed E-state index contributed by atoms with van der Waals surface area (Å²) in [7, 11) is 0. The van der Waals surface area contributed by atoms with Crippen molar-refractivity contribution in [2.24, 2.45) is 0 Å². The molecule has 1 saturated heterocycles. The van der Waals surface area contributed by atoms with Gasteiger partial charge in [0, 0.05) is 18.7 Å². The average Bonchev–Trinajstić information content (AvgIpc) is 3.21. The van der Waals surface area contributed by atoms with E-state index in [2.05, 4.69) is 10.2 Å². The molecule has 1 fully saturated rings. The number of likely N-dealkylation sites (tertiary alicyclic amines) is 1. The lowest BCUT2D eigenvalue weighted by Gasteiger charge is -2.45. The Morgan fingerprint density at radius 1 is 0.947 bits per heavy atom. The zero-order valence-electron chi connectivity index (χ0n) is 22.8. The predicted octanol–water partition coefficient (Wildman–Crippen LogP) is 4.70. The maximum atomic E-state index is 13.9. The second-order valence-electron chi connectivity index (χ2n) is 10.5. The number of hydrogen-bond acceptors (Lipinski definition) is 5. The van der Waals surface area contributed by atoms with Gasteiger partial charge in [-0.1, -0.05) is 31.0 Å². The highest BCUT2D eigenvalue weighted by Gasteiger charge is 2.46. The Labute approximate surface area is 226 Å². The zero-order valence-corrected chi connectivity index (χ0v) is 22.8. The highest BCUT2D eigenvalue weighted by Crippen LogP contribution is 2.48. The molecule has 204 valence electrons. The molecule has 3 aliphatic heterocycles. The fourth-order valence-electron chi connectivity index (χ4n) is 6.34. The van der Waals surface area contributed by atoms with Gasteiger partial charge >= 0.3 is 0 Å². The number of carbonyl (C=O) groups is 2. The van der Waals surface area contributed by atoms with E-state index in [1.807, 2.05) is 55.1 Å². The van der Waals surface area contributed by atoms with Crippen LogP contribution in [0, 0.1) is 0 Å². The molecule has 1 N–H and O–H groups in total. The smallest absolute Gasteiger partial charge is 0.254 e. The van der Waals surface area contributed by atoms with Crippen LogP contribution in [-0.4, -0.2) is 67.6 Å². The molecular formula is C31H41N3O4. The first-order chi connectivity index (χ1) is 18.6. The van der Waals surface area contributed by atoms with E-state index in [1.165, 1.54) is 25.7 Å². The van der Waals surface area contributed by atoms with Gasteiger partial charge in [-0.05, 0) is 94.1 Å². The van der Waals surface area contributed by atoms with Crippen LogP contribution < -0.4 is 14.8 Å².